The zero-order valence-corrected chi connectivity index (χ0v) is 13.2. The fourth-order valence-corrected chi connectivity index (χ4v) is 2.94. The molecule has 0 aliphatic heterocycles. The van der Waals surface area contributed by atoms with Gasteiger partial charge in [0.15, 0.2) is 11.6 Å². The third-order valence-corrected chi connectivity index (χ3v) is 4.37. The minimum Gasteiger partial charge on any atom is -0.345 e. The lowest BCUT2D eigenvalue weighted by molar-refractivity contribution is 0.0828. The number of amides is 1. The van der Waals surface area contributed by atoms with Gasteiger partial charge in [0.25, 0.3) is 15.9 Å². The average molecular weight is 340 g/mol. The first kappa shape index (κ1) is 16.9. The van der Waals surface area contributed by atoms with Crippen molar-refractivity contribution < 1.29 is 22.0 Å². The van der Waals surface area contributed by atoms with Crippen LogP contribution in [0.15, 0.2) is 47.4 Å². The molecule has 1 amide bonds. The van der Waals surface area contributed by atoms with Crippen LogP contribution in [0.3, 0.4) is 0 Å². The second-order valence-electron chi connectivity index (χ2n) is 4.93. The SMILES string of the molecule is CN(C)C(=O)c1ccccc1NS(=O)(=O)c1ccc(F)c(F)c1. The number of rotatable bonds is 4. The zero-order chi connectivity index (χ0) is 17.2. The van der Waals surface area contributed by atoms with Crippen molar-refractivity contribution in [1.29, 1.82) is 0 Å². The Balaban J connectivity index is 2.42. The summed E-state index contributed by atoms with van der Waals surface area (Å²) in [5.74, 6) is -2.81. The standard InChI is InChI=1S/C15H14F2N2O3S/c1-19(2)15(20)11-5-3-4-6-14(11)18-23(21,22)10-7-8-12(16)13(17)9-10/h3-9,18H,1-2H3. The maximum atomic E-state index is 13.2. The van der Waals surface area contributed by atoms with Crippen LogP contribution in [-0.2, 0) is 10.0 Å². The number of carbonyl (C=O) groups excluding carboxylic acids is 1. The van der Waals surface area contributed by atoms with E-state index in [1.807, 2.05) is 0 Å². The molecule has 0 unspecified atom stereocenters. The van der Waals surface area contributed by atoms with Crippen LogP contribution in [0.2, 0.25) is 0 Å². The van der Waals surface area contributed by atoms with Crippen molar-refractivity contribution in [3.63, 3.8) is 0 Å². The molecule has 0 aromatic heterocycles. The van der Waals surface area contributed by atoms with E-state index in [-0.39, 0.29) is 11.3 Å². The van der Waals surface area contributed by atoms with Crippen molar-refractivity contribution in [2.24, 2.45) is 0 Å². The van der Waals surface area contributed by atoms with Gasteiger partial charge in [-0.1, -0.05) is 12.1 Å². The van der Waals surface area contributed by atoms with E-state index < -0.39 is 32.5 Å². The summed E-state index contributed by atoms with van der Waals surface area (Å²) in [5, 5.41) is 0. The molecular formula is C15H14F2N2O3S. The number of hydrogen-bond donors (Lipinski definition) is 1. The highest BCUT2D eigenvalue weighted by molar-refractivity contribution is 7.92. The predicted molar refractivity (Wildman–Crippen MR) is 81.6 cm³/mol. The lowest BCUT2D eigenvalue weighted by Gasteiger charge is -2.15. The Morgan fingerprint density at radius 2 is 1.70 bits per heavy atom. The molecular weight excluding hydrogens is 326 g/mol. The number of nitrogens with one attached hydrogen (secondary N) is 1. The molecule has 0 fully saturated rings. The topological polar surface area (TPSA) is 66.5 Å². The van der Waals surface area contributed by atoms with Gasteiger partial charge in [-0.15, -0.1) is 0 Å². The molecule has 2 aromatic rings. The van der Waals surface area contributed by atoms with Crippen LogP contribution < -0.4 is 4.72 Å². The summed E-state index contributed by atoms with van der Waals surface area (Å²) in [6, 6.07) is 8.26. The number of sulfonamides is 1. The quantitative estimate of drug-likeness (QED) is 0.930. The minimum atomic E-state index is -4.16. The Labute approximate surface area is 132 Å². The summed E-state index contributed by atoms with van der Waals surface area (Å²) in [6.07, 6.45) is 0. The van der Waals surface area contributed by atoms with E-state index in [1.54, 1.807) is 12.1 Å². The van der Waals surface area contributed by atoms with Gasteiger partial charge in [-0.25, -0.2) is 17.2 Å². The van der Waals surface area contributed by atoms with Gasteiger partial charge in [0.2, 0.25) is 0 Å². The maximum Gasteiger partial charge on any atom is 0.262 e. The van der Waals surface area contributed by atoms with E-state index in [9.17, 15) is 22.0 Å². The summed E-state index contributed by atoms with van der Waals surface area (Å²) in [4.78, 5) is 12.9. The van der Waals surface area contributed by atoms with Crippen molar-refractivity contribution in [2.45, 2.75) is 4.90 Å². The van der Waals surface area contributed by atoms with Gasteiger partial charge in [-0.2, -0.15) is 0 Å². The van der Waals surface area contributed by atoms with Crippen LogP contribution in [0.4, 0.5) is 14.5 Å². The second kappa shape index (κ2) is 6.33. The van der Waals surface area contributed by atoms with Crippen molar-refractivity contribution in [3.8, 4) is 0 Å². The average Bonchev–Trinajstić information content (AvgIpc) is 2.49. The molecule has 0 spiro atoms. The van der Waals surface area contributed by atoms with Crippen LogP contribution in [0.1, 0.15) is 10.4 Å². The van der Waals surface area contributed by atoms with E-state index in [0.717, 1.165) is 12.1 Å². The van der Waals surface area contributed by atoms with Crippen LogP contribution in [-0.4, -0.2) is 33.3 Å². The van der Waals surface area contributed by atoms with E-state index in [1.165, 1.54) is 31.1 Å². The van der Waals surface area contributed by atoms with E-state index in [0.29, 0.717) is 6.07 Å². The normalized spacial score (nSPS) is 11.1. The highest BCUT2D eigenvalue weighted by atomic mass is 32.2. The van der Waals surface area contributed by atoms with Gasteiger partial charge >= 0.3 is 0 Å². The monoisotopic (exact) mass is 340 g/mol. The van der Waals surface area contributed by atoms with Crippen molar-refractivity contribution in [1.82, 2.24) is 4.90 Å². The van der Waals surface area contributed by atoms with E-state index in [4.69, 9.17) is 0 Å². The lowest BCUT2D eigenvalue weighted by Crippen LogP contribution is -2.24. The van der Waals surface area contributed by atoms with Gasteiger partial charge in [0.1, 0.15) is 0 Å². The van der Waals surface area contributed by atoms with E-state index in [2.05, 4.69) is 4.72 Å². The number of nitrogens with zero attached hydrogens (tertiary/aromatic N) is 1. The molecule has 0 atom stereocenters. The largest absolute Gasteiger partial charge is 0.345 e. The molecule has 0 saturated heterocycles. The molecule has 8 heteroatoms. The Morgan fingerprint density at radius 1 is 1.04 bits per heavy atom. The lowest BCUT2D eigenvalue weighted by atomic mass is 10.1. The summed E-state index contributed by atoms with van der Waals surface area (Å²) < 4.78 is 53.0. The second-order valence-corrected chi connectivity index (χ2v) is 6.61. The predicted octanol–water partition coefficient (Wildman–Crippen LogP) is 2.47. The Hall–Kier alpha value is -2.48. The first-order valence-corrected chi connectivity index (χ1v) is 7.99. The first-order chi connectivity index (χ1) is 10.7. The highest BCUT2D eigenvalue weighted by Crippen LogP contribution is 2.22. The van der Waals surface area contributed by atoms with Gasteiger partial charge < -0.3 is 4.90 Å². The van der Waals surface area contributed by atoms with Gasteiger partial charge in [0.05, 0.1) is 16.1 Å². The fourth-order valence-electron chi connectivity index (χ4n) is 1.85. The third kappa shape index (κ3) is 3.65. The fraction of sp³-hybridized carbons (Fsp3) is 0.133. The molecule has 2 rings (SSSR count). The maximum absolute atomic E-state index is 13.2. The molecule has 0 saturated carbocycles. The molecule has 122 valence electrons. The van der Waals surface area contributed by atoms with Crippen molar-refractivity contribution in [2.75, 3.05) is 18.8 Å². The Morgan fingerprint density at radius 3 is 2.30 bits per heavy atom. The summed E-state index contributed by atoms with van der Waals surface area (Å²) in [7, 11) is -1.10. The first-order valence-electron chi connectivity index (χ1n) is 6.51. The molecule has 0 aliphatic carbocycles. The molecule has 2 aromatic carbocycles. The molecule has 5 nitrogen and oxygen atoms in total. The van der Waals surface area contributed by atoms with Gasteiger partial charge in [-0.3, -0.25) is 9.52 Å². The van der Waals surface area contributed by atoms with Crippen LogP contribution >= 0.6 is 0 Å². The van der Waals surface area contributed by atoms with Crippen LogP contribution in [0.5, 0.6) is 0 Å². The molecule has 0 bridgehead atoms. The molecule has 0 heterocycles. The van der Waals surface area contributed by atoms with Crippen molar-refractivity contribution in [3.05, 3.63) is 59.7 Å². The molecule has 23 heavy (non-hydrogen) atoms. The zero-order valence-electron chi connectivity index (χ0n) is 12.4. The number of halogens is 2. The molecule has 0 aliphatic rings. The summed E-state index contributed by atoms with van der Waals surface area (Å²) >= 11 is 0. The number of carbonyl (C=O) groups is 1. The Bertz CT molecular complexity index is 852. The Kier molecular flexibility index (Phi) is 4.65. The van der Waals surface area contributed by atoms with Crippen molar-refractivity contribution >= 4 is 21.6 Å². The number of hydrogen-bond acceptors (Lipinski definition) is 3. The highest BCUT2D eigenvalue weighted by Gasteiger charge is 2.20. The molecule has 1 N–H and O–H groups in total. The number of anilines is 1. The smallest absolute Gasteiger partial charge is 0.262 e. The summed E-state index contributed by atoms with van der Waals surface area (Å²) in [6.45, 7) is 0. The van der Waals surface area contributed by atoms with E-state index >= 15 is 0 Å². The van der Waals surface area contributed by atoms with Crippen LogP contribution in [0, 0.1) is 11.6 Å². The number of benzene rings is 2. The number of para-hydroxylation sites is 1. The third-order valence-electron chi connectivity index (χ3n) is 3.01. The van der Waals surface area contributed by atoms with Gasteiger partial charge in [0, 0.05) is 14.1 Å². The minimum absolute atomic E-state index is 0.0518. The van der Waals surface area contributed by atoms with Gasteiger partial charge in [-0.05, 0) is 30.3 Å². The van der Waals surface area contributed by atoms with Crippen LogP contribution in [0.25, 0.3) is 0 Å². The summed E-state index contributed by atoms with van der Waals surface area (Å²) in [5.41, 5.74) is 0.194. The molecule has 0 radical (unpaired) electrons.